The standard InChI is InChI=1S/C30H23N3O/c1-20-13-16-30(32-21(20)2)34-24-9-7-8-22(18-24)23-14-15-26-25-10-3-4-11-27(25)33(28(26)19-23)29-12-5-6-17-31-29/h3-19H,1-2H3. The molecule has 164 valence electrons. The minimum atomic E-state index is 0.603. The lowest BCUT2D eigenvalue weighted by Crippen LogP contribution is -1.96. The maximum Gasteiger partial charge on any atom is 0.219 e. The first kappa shape index (κ1) is 20.2. The van der Waals surface area contributed by atoms with Crippen LogP contribution >= 0.6 is 0 Å². The van der Waals surface area contributed by atoms with E-state index in [0.717, 1.165) is 45.0 Å². The highest BCUT2D eigenvalue weighted by Crippen LogP contribution is 2.35. The van der Waals surface area contributed by atoms with Crippen molar-refractivity contribution >= 4 is 21.8 Å². The Bertz CT molecular complexity index is 1650. The number of rotatable bonds is 4. The molecule has 0 aliphatic rings. The van der Waals surface area contributed by atoms with Crippen molar-refractivity contribution in [2.75, 3.05) is 0 Å². The van der Waals surface area contributed by atoms with Crippen molar-refractivity contribution in [2.45, 2.75) is 13.8 Å². The second kappa shape index (κ2) is 8.16. The van der Waals surface area contributed by atoms with E-state index >= 15 is 0 Å². The summed E-state index contributed by atoms with van der Waals surface area (Å²) in [5.41, 5.74) is 6.59. The molecule has 0 aliphatic carbocycles. The fourth-order valence-electron chi connectivity index (χ4n) is 4.41. The van der Waals surface area contributed by atoms with E-state index in [9.17, 15) is 0 Å². The third kappa shape index (κ3) is 3.50. The molecule has 0 unspecified atom stereocenters. The predicted molar refractivity (Wildman–Crippen MR) is 138 cm³/mol. The molecule has 4 nitrogen and oxygen atoms in total. The highest BCUT2D eigenvalue weighted by atomic mass is 16.5. The summed E-state index contributed by atoms with van der Waals surface area (Å²) in [7, 11) is 0. The van der Waals surface area contributed by atoms with Crippen molar-refractivity contribution in [3.63, 3.8) is 0 Å². The van der Waals surface area contributed by atoms with Crippen molar-refractivity contribution in [1.82, 2.24) is 14.5 Å². The van der Waals surface area contributed by atoms with E-state index < -0.39 is 0 Å². The molecule has 0 radical (unpaired) electrons. The monoisotopic (exact) mass is 441 g/mol. The second-order valence-electron chi connectivity index (χ2n) is 8.45. The van der Waals surface area contributed by atoms with Crippen LogP contribution in [0.3, 0.4) is 0 Å². The van der Waals surface area contributed by atoms with E-state index in [1.54, 1.807) is 0 Å². The minimum absolute atomic E-state index is 0.603. The quantitative estimate of drug-likeness (QED) is 0.282. The van der Waals surface area contributed by atoms with Crippen LogP contribution in [0.1, 0.15) is 11.3 Å². The van der Waals surface area contributed by atoms with Crippen molar-refractivity contribution in [3.8, 4) is 28.6 Å². The van der Waals surface area contributed by atoms with Gasteiger partial charge in [0.1, 0.15) is 11.6 Å². The Hall–Kier alpha value is -4.44. The number of nitrogens with zero attached hydrogens (tertiary/aromatic N) is 3. The van der Waals surface area contributed by atoms with Crippen LogP contribution in [-0.4, -0.2) is 14.5 Å². The molecule has 0 atom stereocenters. The normalized spacial score (nSPS) is 11.2. The average molecular weight is 442 g/mol. The number of benzene rings is 3. The molecule has 6 rings (SSSR count). The third-order valence-electron chi connectivity index (χ3n) is 6.27. The van der Waals surface area contributed by atoms with Gasteiger partial charge in [0.15, 0.2) is 0 Å². The predicted octanol–water partition coefficient (Wildman–Crippen LogP) is 7.65. The Kier molecular flexibility index (Phi) is 4.84. The summed E-state index contributed by atoms with van der Waals surface area (Å²) >= 11 is 0. The number of ether oxygens (including phenoxy) is 1. The maximum absolute atomic E-state index is 6.08. The first-order valence-corrected chi connectivity index (χ1v) is 11.3. The topological polar surface area (TPSA) is 39.9 Å². The van der Waals surface area contributed by atoms with Crippen LogP contribution < -0.4 is 4.74 Å². The summed E-state index contributed by atoms with van der Waals surface area (Å²) < 4.78 is 8.31. The number of aryl methyl sites for hydroxylation is 2. The highest BCUT2D eigenvalue weighted by Gasteiger charge is 2.14. The Balaban J connectivity index is 1.47. The van der Waals surface area contributed by atoms with E-state index in [-0.39, 0.29) is 0 Å². The molecule has 0 bridgehead atoms. The van der Waals surface area contributed by atoms with Crippen LogP contribution in [0.2, 0.25) is 0 Å². The van der Waals surface area contributed by atoms with Gasteiger partial charge in [-0.25, -0.2) is 9.97 Å². The number of para-hydroxylation sites is 1. The summed E-state index contributed by atoms with van der Waals surface area (Å²) in [6, 6.07) is 33.2. The van der Waals surface area contributed by atoms with Gasteiger partial charge in [0.2, 0.25) is 5.88 Å². The van der Waals surface area contributed by atoms with Gasteiger partial charge < -0.3 is 4.74 Å². The molecule has 0 aliphatic heterocycles. The number of pyridine rings is 2. The number of fused-ring (bicyclic) bond motifs is 3. The van der Waals surface area contributed by atoms with Crippen LogP contribution in [-0.2, 0) is 0 Å². The van der Waals surface area contributed by atoms with Crippen LogP contribution in [0.4, 0.5) is 0 Å². The molecule has 0 saturated carbocycles. The molecular weight excluding hydrogens is 418 g/mol. The number of hydrogen-bond donors (Lipinski definition) is 0. The fourth-order valence-corrected chi connectivity index (χ4v) is 4.41. The zero-order valence-electron chi connectivity index (χ0n) is 19.1. The first-order chi connectivity index (χ1) is 16.7. The first-order valence-electron chi connectivity index (χ1n) is 11.3. The smallest absolute Gasteiger partial charge is 0.219 e. The Labute approximate surface area is 198 Å². The van der Waals surface area contributed by atoms with Crippen LogP contribution in [0, 0.1) is 13.8 Å². The van der Waals surface area contributed by atoms with Gasteiger partial charge in [0.25, 0.3) is 0 Å². The molecule has 0 N–H and O–H groups in total. The van der Waals surface area contributed by atoms with Crippen molar-refractivity contribution in [1.29, 1.82) is 0 Å². The van der Waals surface area contributed by atoms with Gasteiger partial charge in [-0.2, -0.15) is 0 Å². The lowest BCUT2D eigenvalue weighted by molar-refractivity contribution is 0.461. The van der Waals surface area contributed by atoms with Crippen molar-refractivity contribution in [3.05, 3.63) is 115 Å². The van der Waals surface area contributed by atoms with Gasteiger partial charge in [0.05, 0.1) is 11.0 Å². The Morgan fingerprint density at radius 2 is 1.50 bits per heavy atom. The number of hydrogen-bond acceptors (Lipinski definition) is 3. The van der Waals surface area contributed by atoms with Gasteiger partial charge in [-0.3, -0.25) is 4.57 Å². The SMILES string of the molecule is Cc1ccc(Oc2cccc(-c3ccc4c5ccccc5n(-c5ccccn5)c4c3)c2)nc1C. The Morgan fingerprint density at radius 1 is 0.676 bits per heavy atom. The van der Waals surface area contributed by atoms with Crippen LogP contribution in [0.5, 0.6) is 11.6 Å². The molecule has 3 aromatic carbocycles. The van der Waals surface area contributed by atoms with Gasteiger partial charge in [0, 0.05) is 28.7 Å². The zero-order chi connectivity index (χ0) is 23.1. The molecule has 0 fully saturated rings. The average Bonchev–Trinajstić information content (AvgIpc) is 3.21. The molecule has 0 saturated heterocycles. The minimum Gasteiger partial charge on any atom is -0.439 e. The van der Waals surface area contributed by atoms with Crippen molar-refractivity contribution < 1.29 is 4.74 Å². The summed E-state index contributed by atoms with van der Waals surface area (Å²) in [4.78, 5) is 9.18. The molecule has 3 heterocycles. The lowest BCUT2D eigenvalue weighted by atomic mass is 10.0. The van der Waals surface area contributed by atoms with E-state index in [1.165, 1.54) is 10.8 Å². The van der Waals surface area contributed by atoms with E-state index in [4.69, 9.17) is 4.74 Å². The molecule has 0 spiro atoms. The van der Waals surface area contributed by atoms with Crippen LogP contribution in [0.15, 0.2) is 103 Å². The molecule has 34 heavy (non-hydrogen) atoms. The fraction of sp³-hybridized carbons (Fsp3) is 0.0667. The highest BCUT2D eigenvalue weighted by molar-refractivity contribution is 6.10. The van der Waals surface area contributed by atoms with E-state index in [2.05, 4.69) is 69.1 Å². The third-order valence-corrected chi connectivity index (χ3v) is 6.27. The maximum atomic E-state index is 6.08. The van der Waals surface area contributed by atoms with E-state index in [1.807, 2.05) is 62.5 Å². The Morgan fingerprint density at radius 3 is 2.35 bits per heavy atom. The summed E-state index contributed by atoms with van der Waals surface area (Å²) in [5, 5.41) is 2.42. The molecule has 4 heteroatoms. The lowest BCUT2D eigenvalue weighted by Gasteiger charge is -2.10. The summed E-state index contributed by atoms with van der Waals surface area (Å²) in [5.74, 6) is 2.27. The summed E-state index contributed by atoms with van der Waals surface area (Å²) in [6.45, 7) is 4.04. The van der Waals surface area contributed by atoms with Crippen molar-refractivity contribution in [2.24, 2.45) is 0 Å². The molecule has 6 aromatic rings. The van der Waals surface area contributed by atoms with Gasteiger partial charge in [-0.05, 0) is 66.9 Å². The number of aromatic nitrogens is 3. The second-order valence-corrected chi connectivity index (χ2v) is 8.45. The zero-order valence-corrected chi connectivity index (χ0v) is 19.1. The summed E-state index contributed by atoms with van der Waals surface area (Å²) in [6.07, 6.45) is 1.83. The van der Waals surface area contributed by atoms with E-state index in [0.29, 0.717) is 5.88 Å². The van der Waals surface area contributed by atoms with Gasteiger partial charge >= 0.3 is 0 Å². The molecular formula is C30H23N3O. The van der Waals surface area contributed by atoms with Gasteiger partial charge in [-0.15, -0.1) is 0 Å². The largest absolute Gasteiger partial charge is 0.439 e. The van der Waals surface area contributed by atoms with Crippen LogP contribution in [0.25, 0.3) is 38.8 Å². The molecule has 3 aromatic heterocycles. The molecule has 0 amide bonds. The van der Waals surface area contributed by atoms with Gasteiger partial charge in [-0.1, -0.05) is 54.6 Å².